The molecule has 0 spiro atoms. The van der Waals surface area contributed by atoms with Gasteiger partial charge in [-0.1, -0.05) is 28.1 Å². The maximum absolute atomic E-state index is 13.6. The minimum atomic E-state index is -3.14. The van der Waals surface area contributed by atoms with Crippen LogP contribution in [0.4, 0.5) is 8.78 Å². The zero-order chi connectivity index (χ0) is 18.2. The van der Waals surface area contributed by atoms with Gasteiger partial charge in [-0.25, -0.2) is 13.6 Å². The summed E-state index contributed by atoms with van der Waals surface area (Å²) in [4.78, 5) is 24.6. The number of nitrogens with zero attached hydrogens (tertiary/aromatic N) is 1. The molecule has 1 amide bonds. The fraction of sp³-hybridized carbons (Fsp3) is 0.529. The highest BCUT2D eigenvalue weighted by Crippen LogP contribution is 2.33. The Morgan fingerprint density at radius 1 is 1.32 bits per heavy atom. The zero-order valence-corrected chi connectivity index (χ0v) is 15.0. The second-order valence-corrected chi connectivity index (χ2v) is 7.69. The monoisotopic (exact) mass is 416 g/mol. The number of aliphatic carboxylic acids is 1. The van der Waals surface area contributed by atoms with Crippen LogP contribution < -0.4 is 5.32 Å². The molecule has 1 aromatic rings. The van der Waals surface area contributed by atoms with Crippen molar-refractivity contribution >= 4 is 27.8 Å². The summed E-state index contributed by atoms with van der Waals surface area (Å²) in [6, 6.07) is 5.85. The Bertz CT molecular complexity index is 668. The molecule has 0 saturated carbocycles. The highest BCUT2D eigenvalue weighted by molar-refractivity contribution is 9.10. The topological polar surface area (TPSA) is 69.6 Å². The van der Waals surface area contributed by atoms with E-state index in [0.29, 0.717) is 13.0 Å². The molecule has 5 nitrogen and oxygen atoms in total. The van der Waals surface area contributed by atoms with Crippen LogP contribution in [0.2, 0.25) is 0 Å². The van der Waals surface area contributed by atoms with Crippen LogP contribution >= 0.6 is 15.9 Å². The highest BCUT2D eigenvalue weighted by Gasteiger charge is 2.51. The number of carbonyl (C=O) groups is 2. The Hall–Kier alpha value is -1.54. The molecule has 3 rings (SSSR count). The molecule has 136 valence electrons. The zero-order valence-electron chi connectivity index (χ0n) is 13.4. The quantitative estimate of drug-likeness (QED) is 0.789. The first-order valence-corrected chi connectivity index (χ1v) is 8.93. The van der Waals surface area contributed by atoms with Gasteiger partial charge in [-0.05, 0) is 43.0 Å². The average molecular weight is 417 g/mol. The largest absolute Gasteiger partial charge is 0.480 e. The fourth-order valence-electron chi connectivity index (χ4n) is 3.58. The van der Waals surface area contributed by atoms with Gasteiger partial charge in [0.2, 0.25) is 5.91 Å². The molecule has 0 radical (unpaired) electrons. The van der Waals surface area contributed by atoms with Gasteiger partial charge < -0.3 is 15.3 Å². The van der Waals surface area contributed by atoms with E-state index in [1.165, 1.54) is 0 Å². The highest BCUT2D eigenvalue weighted by atomic mass is 79.9. The molecule has 2 aliphatic rings. The maximum Gasteiger partial charge on any atom is 0.326 e. The summed E-state index contributed by atoms with van der Waals surface area (Å²) in [5.41, 5.74) is 1.14. The average Bonchev–Trinajstić information content (AvgIpc) is 3.13. The number of carboxylic acid groups (broad SMARTS) is 1. The summed E-state index contributed by atoms with van der Waals surface area (Å²) in [5, 5.41) is 12.2. The van der Waals surface area contributed by atoms with Crippen molar-refractivity contribution in [3.8, 4) is 0 Å². The second kappa shape index (κ2) is 6.99. The van der Waals surface area contributed by atoms with Crippen LogP contribution in [0.15, 0.2) is 28.7 Å². The Morgan fingerprint density at radius 2 is 2.00 bits per heavy atom. The van der Waals surface area contributed by atoms with E-state index < -0.39 is 42.8 Å². The minimum absolute atomic E-state index is 0.210. The third kappa shape index (κ3) is 4.17. The van der Waals surface area contributed by atoms with Gasteiger partial charge in [-0.3, -0.25) is 4.79 Å². The summed E-state index contributed by atoms with van der Waals surface area (Å²) >= 11 is 3.38. The van der Waals surface area contributed by atoms with Crippen molar-refractivity contribution in [1.29, 1.82) is 0 Å². The van der Waals surface area contributed by atoms with Crippen molar-refractivity contribution in [3.63, 3.8) is 0 Å². The lowest BCUT2D eigenvalue weighted by Gasteiger charge is -2.24. The van der Waals surface area contributed by atoms with E-state index in [-0.39, 0.29) is 5.92 Å². The summed E-state index contributed by atoms with van der Waals surface area (Å²) in [6.07, 6.45) is 0.481. The van der Waals surface area contributed by atoms with Crippen molar-refractivity contribution in [3.05, 3.63) is 34.3 Å². The maximum atomic E-state index is 13.6. The number of likely N-dealkylation sites (tertiary alicyclic amines) is 1. The predicted molar refractivity (Wildman–Crippen MR) is 90.4 cm³/mol. The van der Waals surface area contributed by atoms with Crippen LogP contribution in [0.3, 0.4) is 0 Å². The van der Waals surface area contributed by atoms with E-state index in [1.54, 1.807) is 0 Å². The van der Waals surface area contributed by atoms with Crippen molar-refractivity contribution in [1.82, 2.24) is 10.2 Å². The smallest absolute Gasteiger partial charge is 0.326 e. The summed E-state index contributed by atoms with van der Waals surface area (Å²) in [7, 11) is 0. The second-order valence-electron chi connectivity index (χ2n) is 6.77. The molecule has 3 atom stereocenters. The van der Waals surface area contributed by atoms with E-state index in [9.17, 15) is 18.4 Å². The minimum Gasteiger partial charge on any atom is -0.480 e. The van der Waals surface area contributed by atoms with Gasteiger partial charge >= 0.3 is 5.97 Å². The van der Waals surface area contributed by atoms with E-state index in [0.717, 1.165) is 21.4 Å². The first-order chi connectivity index (χ1) is 11.7. The van der Waals surface area contributed by atoms with Gasteiger partial charge in [-0.2, -0.15) is 0 Å². The van der Waals surface area contributed by atoms with Gasteiger partial charge in [0.1, 0.15) is 6.04 Å². The molecule has 0 unspecified atom stereocenters. The third-order valence-electron chi connectivity index (χ3n) is 4.80. The number of nitrogens with one attached hydrogen (secondary N) is 1. The molecule has 8 heteroatoms. The van der Waals surface area contributed by atoms with Crippen LogP contribution in [0.5, 0.6) is 0 Å². The molecule has 0 aromatic heterocycles. The normalized spacial score (nSPS) is 28.3. The first-order valence-electron chi connectivity index (χ1n) is 8.14. The molecular weight excluding hydrogens is 398 g/mol. The standard InChI is InChI=1S/C17H19BrF2N2O3/c18-12-3-1-10(2-4-12)5-11-6-13(21-8-11)15(23)22-9-17(19,20)7-14(22)16(24)25/h1-4,11,13-14,21H,5-9H2,(H,24,25)/t11-,13+,14-/m1/s1. The number of halogens is 3. The number of carbonyl (C=O) groups excluding carboxylic acids is 1. The van der Waals surface area contributed by atoms with Gasteiger partial charge in [-0.15, -0.1) is 0 Å². The van der Waals surface area contributed by atoms with Crippen LogP contribution in [0, 0.1) is 5.92 Å². The summed E-state index contributed by atoms with van der Waals surface area (Å²) in [6.45, 7) is -0.215. The molecule has 2 heterocycles. The Balaban J connectivity index is 1.62. The Kier molecular flexibility index (Phi) is 5.11. The Labute approximate surface area is 152 Å². The number of carboxylic acids is 1. The van der Waals surface area contributed by atoms with Gasteiger partial charge in [0.15, 0.2) is 0 Å². The SMILES string of the molecule is O=C(O)[C@H]1CC(F)(F)CN1C(=O)[C@@H]1C[C@@H](Cc2ccc(Br)cc2)CN1. The van der Waals surface area contributed by atoms with Crippen LogP contribution in [-0.2, 0) is 16.0 Å². The molecule has 0 bridgehead atoms. The predicted octanol–water partition coefficient (Wildman–Crippen LogP) is 2.29. The third-order valence-corrected chi connectivity index (χ3v) is 5.32. The van der Waals surface area contributed by atoms with Crippen LogP contribution in [0.1, 0.15) is 18.4 Å². The number of alkyl halides is 2. The van der Waals surface area contributed by atoms with Crippen LogP contribution in [-0.4, -0.2) is 53.0 Å². The molecule has 2 N–H and O–H groups in total. The Morgan fingerprint density at radius 3 is 2.64 bits per heavy atom. The van der Waals surface area contributed by atoms with E-state index in [4.69, 9.17) is 5.11 Å². The molecule has 2 fully saturated rings. The number of rotatable bonds is 4. The van der Waals surface area contributed by atoms with Gasteiger partial charge in [0.25, 0.3) is 5.92 Å². The molecule has 25 heavy (non-hydrogen) atoms. The number of hydrogen-bond acceptors (Lipinski definition) is 3. The lowest BCUT2D eigenvalue weighted by Crippen LogP contribution is -2.48. The van der Waals surface area contributed by atoms with Gasteiger partial charge in [0, 0.05) is 10.9 Å². The lowest BCUT2D eigenvalue weighted by atomic mass is 9.96. The number of hydrogen-bond donors (Lipinski definition) is 2. The molecule has 1 aromatic carbocycles. The molecule has 2 saturated heterocycles. The van der Waals surface area contributed by atoms with E-state index in [2.05, 4.69) is 21.2 Å². The number of amides is 1. The molecule has 2 aliphatic heterocycles. The summed E-state index contributed by atoms with van der Waals surface area (Å²) in [5.74, 6) is -4.85. The number of benzene rings is 1. The van der Waals surface area contributed by atoms with Crippen molar-refractivity contribution in [2.24, 2.45) is 5.92 Å². The molecular formula is C17H19BrF2N2O3. The first kappa shape index (κ1) is 18.3. The van der Waals surface area contributed by atoms with Crippen LogP contribution in [0.25, 0.3) is 0 Å². The lowest BCUT2D eigenvalue weighted by molar-refractivity contribution is -0.148. The van der Waals surface area contributed by atoms with Crippen molar-refractivity contribution < 1.29 is 23.5 Å². The van der Waals surface area contributed by atoms with Crippen molar-refractivity contribution in [2.45, 2.75) is 37.3 Å². The molecule has 0 aliphatic carbocycles. The summed E-state index contributed by atoms with van der Waals surface area (Å²) < 4.78 is 28.1. The van der Waals surface area contributed by atoms with Crippen molar-refractivity contribution in [2.75, 3.05) is 13.1 Å². The fourth-order valence-corrected chi connectivity index (χ4v) is 3.84. The van der Waals surface area contributed by atoms with E-state index in [1.807, 2.05) is 24.3 Å². The van der Waals surface area contributed by atoms with E-state index >= 15 is 0 Å². The van der Waals surface area contributed by atoms with Gasteiger partial charge in [0.05, 0.1) is 12.6 Å².